The first kappa shape index (κ1) is 26.3. The van der Waals surface area contributed by atoms with Crippen LogP contribution >= 0.6 is 0 Å². The highest BCUT2D eigenvalue weighted by Crippen LogP contribution is 2.31. The molecule has 13 heteroatoms. The number of nitrogens with zero attached hydrogens (tertiary/aromatic N) is 3. The highest BCUT2D eigenvalue weighted by Gasteiger charge is 2.38. The Labute approximate surface area is 189 Å². The van der Waals surface area contributed by atoms with Crippen molar-refractivity contribution in [3.63, 3.8) is 0 Å². The molecule has 1 aromatic carbocycles. The summed E-state index contributed by atoms with van der Waals surface area (Å²) in [5, 5.41) is 10.1. The Bertz CT molecular complexity index is 1110. The minimum Gasteiger partial charge on any atom is -0.475 e. The number of rotatable bonds is 5. The summed E-state index contributed by atoms with van der Waals surface area (Å²) in [7, 11) is -3.63. The molecule has 0 saturated heterocycles. The number of carboxylic acids is 1. The van der Waals surface area contributed by atoms with Crippen molar-refractivity contribution in [3.05, 3.63) is 42.0 Å². The average molecular weight is 491 g/mol. The first-order chi connectivity index (χ1) is 15.4. The molecule has 1 aromatic heterocycles. The summed E-state index contributed by atoms with van der Waals surface area (Å²) >= 11 is 0. The van der Waals surface area contributed by atoms with Crippen LogP contribution in [0.3, 0.4) is 0 Å². The van der Waals surface area contributed by atoms with E-state index in [0.717, 1.165) is 12.8 Å². The number of fused-ring (bicyclic) bond motifs is 3. The smallest absolute Gasteiger partial charge is 0.475 e. The molecule has 0 bridgehead atoms. The van der Waals surface area contributed by atoms with Gasteiger partial charge in [-0.1, -0.05) is 32.9 Å². The molecule has 1 aliphatic rings. The number of hydrogen-bond donors (Lipinski definition) is 2. The number of sulfonamides is 1. The topological polar surface area (TPSA) is 122 Å². The zero-order chi connectivity index (χ0) is 25.0. The fourth-order valence-corrected chi connectivity index (χ4v) is 4.81. The Kier molecular flexibility index (Phi) is 8.25. The van der Waals surface area contributed by atoms with Crippen LogP contribution in [0.5, 0.6) is 0 Å². The van der Waals surface area contributed by atoms with Crippen molar-refractivity contribution in [1.82, 2.24) is 19.2 Å². The molecule has 1 aliphatic heterocycles. The second-order valence-electron chi connectivity index (χ2n) is 7.10. The normalized spacial score (nSPS) is 15.0. The number of imidazole rings is 1. The second-order valence-corrected chi connectivity index (χ2v) is 9.00. The predicted octanol–water partition coefficient (Wildman–Crippen LogP) is 2.95. The summed E-state index contributed by atoms with van der Waals surface area (Å²) in [6.45, 7) is 6.25. The van der Waals surface area contributed by atoms with Crippen molar-refractivity contribution < 1.29 is 36.3 Å². The maximum Gasteiger partial charge on any atom is 0.490 e. The van der Waals surface area contributed by atoms with Gasteiger partial charge in [-0.25, -0.2) is 18.2 Å². The third-order valence-electron chi connectivity index (χ3n) is 5.07. The van der Waals surface area contributed by atoms with E-state index in [2.05, 4.69) is 10.3 Å². The number of carboxylic acid groups (broad SMARTS) is 1. The molecule has 1 amide bonds. The van der Waals surface area contributed by atoms with E-state index in [-0.39, 0.29) is 29.1 Å². The van der Waals surface area contributed by atoms with E-state index in [9.17, 15) is 26.4 Å². The molecule has 3 rings (SSSR count). The van der Waals surface area contributed by atoms with Gasteiger partial charge < -0.3 is 10.4 Å². The molecule has 33 heavy (non-hydrogen) atoms. The van der Waals surface area contributed by atoms with Gasteiger partial charge in [0.1, 0.15) is 11.2 Å². The molecule has 0 saturated carbocycles. The minimum absolute atomic E-state index is 0.0731. The summed E-state index contributed by atoms with van der Waals surface area (Å²) in [6.07, 6.45) is -1.89. The van der Waals surface area contributed by atoms with E-state index >= 15 is 0 Å². The Morgan fingerprint density at radius 3 is 2.27 bits per heavy atom. The largest absolute Gasteiger partial charge is 0.490 e. The third kappa shape index (κ3) is 5.71. The number of aromatic nitrogens is 2. The van der Waals surface area contributed by atoms with E-state index in [4.69, 9.17) is 9.90 Å². The number of halogens is 3. The first-order valence-corrected chi connectivity index (χ1v) is 11.6. The molecule has 0 aliphatic carbocycles. The molecule has 182 valence electrons. The zero-order valence-corrected chi connectivity index (χ0v) is 19.1. The molecule has 2 aromatic rings. The van der Waals surface area contributed by atoms with Gasteiger partial charge in [-0.3, -0.25) is 9.36 Å². The Morgan fingerprint density at radius 1 is 1.18 bits per heavy atom. The summed E-state index contributed by atoms with van der Waals surface area (Å²) in [5.74, 6) is -3.02. The van der Waals surface area contributed by atoms with Gasteiger partial charge in [-0.2, -0.15) is 17.5 Å². The molecular formula is C20H25F3N4O5S. The number of para-hydroxylation sites is 1. The fourth-order valence-electron chi connectivity index (χ4n) is 3.22. The maximum absolute atomic E-state index is 13.0. The van der Waals surface area contributed by atoms with Gasteiger partial charge in [-0.05, 0) is 25.0 Å². The fraction of sp³-hybridized carbons (Fsp3) is 0.450. The monoisotopic (exact) mass is 490 g/mol. The van der Waals surface area contributed by atoms with Gasteiger partial charge >= 0.3 is 12.1 Å². The predicted molar refractivity (Wildman–Crippen MR) is 112 cm³/mol. The molecule has 0 spiro atoms. The summed E-state index contributed by atoms with van der Waals surface area (Å²) in [4.78, 5) is 26.2. The van der Waals surface area contributed by atoms with E-state index in [1.165, 1.54) is 10.6 Å². The van der Waals surface area contributed by atoms with Crippen LogP contribution in [-0.2, 0) is 21.4 Å². The summed E-state index contributed by atoms with van der Waals surface area (Å²) in [5.41, 5.74) is 1.39. The average Bonchev–Trinajstić information content (AvgIpc) is 3.15. The number of carbonyl (C=O) groups excluding carboxylic acids is 1. The highest BCUT2D eigenvalue weighted by molar-refractivity contribution is 7.89. The third-order valence-corrected chi connectivity index (χ3v) is 7.03. The number of carbonyl (C=O) groups is 2. The number of aliphatic carboxylic acids is 1. The molecule has 9 nitrogen and oxygen atoms in total. The highest BCUT2D eigenvalue weighted by atomic mass is 32.2. The van der Waals surface area contributed by atoms with Gasteiger partial charge in [0.05, 0.1) is 17.9 Å². The molecular weight excluding hydrogens is 465 g/mol. The van der Waals surface area contributed by atoms with Gasteiger partial charge in [0.15, 0.2) is 5.69 Å². The van der Waals surface area contributed by atoms with E-state index < -0.39 is 22.2 Å². The molecule has 0 fully saturated rings. The van der Waals surface area contributed by atoms with Crippen LogP contribution in [0, 0.1) is 0 Å². The molecule has 0 atom stereocenters. The Hall–Kier alpha value is -2.93. The van der Waals surface area contributed by atoms with E-state index in [1.54, 1.807) is 35.8 Å². The van der Waals surface area contributed by atoms with Crippen molar-refractivity contribution >= 4 is 21.9 Å². The van der Waals surface area contributed by atoms with Gasteiger partial charge in [0.2, 0.25) is 10.0 Å². The maximum atomic E-state index is 13.0. The van der Waals surface area contributed by atoms with Crippen LogP contribution < -0.4 is 5.32 Å². The molecule has 0 radical (unpaired) electrons. The van der Waals surface area contributed by atoms with Crippen molar-refractivity contribution in [2.75, 3.05) is 6.54 Å². The lowest BCUT2D eigenvalue weighted by atomic mass is 10.1. The molecule has 2 heterocycles. The standard InChI is InChI=1S/C18H24N4O3S.C2HF3O2/c1-4-13(5-2)20-18(23)17-15-11-21(6-3)26(24,25)16-10-8-7-9-14(16)22(15)12-19-17;3-2(4,5)1(6)7/h7-10,12-13H,4-6,11H2,1-3H3,(H,20,23);(H,6,7). The number of nitrogens with one attached hydrogen (secondary N) is 1. The van der Waals surface area contributed by atoms with Crippen molar-refractivity contribution in [2.45, 2.75) is 57.3 Å². The number of benzene rings is 1. The van der Waals surface area contributed by atoms with Crippen LogP contribution in [-0.4, -0.2) is 58.0 Å². The number of amides is 1. The van der Waals surface area contributed by atoms with Crippen molar-refractivity contribution in [2.24, 2.45) is 0 Å². The van der Waals surface area contributed by atoms with Crippen LogP contribution in [0.4, 0.5) is 13.2 Å². The van der Waals surface area contributed by atoms with Gasteiger partial charge in [0.25, 0.3) is 5.91 Å². The summed E-state index contributed by atoms with van der Waals surface area (Å²) < 4.78 is 60.8. The quantitative estimate of drug-likeness (QED) is 0.665. The van der Waals surface area contributed by atoms with E-state index in [0.29, 0.717) is 17.9 Å². The van der Waals surface area contributed by atoms with Gasteiger partial charge in [-0.15, -0.1) is 0 Å². The van der Waals surface area contributed by atoms with Crippen LogP contribution in [0.1, 0.15) is 49.8 Å². The van der Waals surface area contributed by atoms with Crippen LogP contribution in [0.2, 0.25) is 0 Å². The van der Waals surface area contributed by atoms with Crippen LogP contribution in [0.25, 0.3) is 5.69 Å². The number of alkyl halides is 3. The van der Waals surface area contributed by atoms with Crippen molar-refractivity contribution in [1.29, 1.82) is 0 Å². The van der Waals surface area contributed by atoms with Crippen molar-refractivity contribution in [3.8, 4) is 5.69 Å². The van der Waals surface area contributed by atoms with Gasteiger partial charge in [0, 0.05) is 12.6 Å². The lowest BCUT2D eigenvalue weighted by molar-refractivity contribution is -0.192. The van der Waals surface area contributed by atoms with E-state index in [1.807, 2.05) is 13.8 Å². The number of hydrogen-bond acceptors (Lipinski definition) is 5. The Morgan fingerprint density at radius 2 is 1.76 bits per heavy atom. The molecule has 2 N–H and O–H groups in total. The first-order valence-electron chi connectivity index (χ1n) is 10.1. The SMILES string of the molecule is CCC(CC)NC(=O)c1ncn2c1CN(CC)S(=O)(=O)c1ccccc1-2.O=C(O)C(F)(F)F. The Balaban J connectivity index is 0.000000479. The minimum atomic E-state index is -5.08. The zero-order valence-electron chi connectivity index (χ0n) is 18.3. The second kappa shape index (κ2) is 10.3. The lowest BCUT2D eigenvalue weighted by Crippen LogP contribution is -2.35. The lowest BCUT2D eigenvalue weighted by Gasteiger charge is -2.18. The molecule has 0 unspecified atom stereocenters. The van der Waals surface area contributed by atoms with Crippen LogP contribution in [0.15, 0.2) is 35.5 Å². The summed E-state index contributed by atoms with van der Waals surface area (Å²) in [6, 6.07) is 6.88.